The average Bonchev–Trinajstić information content (AvgIpc) is 2.49. The summed E-state index contributed by atoms with van der Waals surface area (Å²) < 4.78 is 5.36. The maximum absolute atomic E-state index is 11.6. The van der Waals surface area contributed by atoms with E-state index in [0.717, 1.165) is 18.7 Å². The highest BCUT2D eigenvalue weighted by Crippen LogP contribution is 2.37. The summed E-state index contributed by atoms with van der Waals surface area (Å²) >= 11 is 0. The van der Waals surface area contributed by atoms with Crippen LogP contribution < -0.4 is 9.64 Å². The monoisotopic (exact) mass is 293 g/mol. The molecule has 0 saturated carbocycles. The molecular formula is C15H23N3O3. The van der Waals surface area contributed by atoms with Gasteiger partial charge in [-0.3, -0.25) is 9.78 Å². The van der Waals surface area contributed by atoms with E-state index < -0.39 is 11.4 Å². The molecule has 6 heteroatoms. The molecule has 1 aromatic heterocycles. The number of aromatic nitrogens is 2. The molecule has 1 saturated heterocycles. The van der Waals surface area contributed by atoms with Crippen LogP contribution in [0.25, 0.3) is 0 Å². The molecule has 116 valence electrons. The average molecular weight is 293 g/mol. The molecule has 6 nitrogen and oxygen atoms in total. The van der Waals surface area contributed by atoms with Gasteiger partial charge in [-0.2, -0.15) is 4.98 Å². The van der Waals surface area contributed by atoms with E-state index in [1.165, 1.54) is 0 Å². The van der Waals surface area contributed by atoms with Crippen LogP contribution in [0.4, 0.5) is 5.82 Å². The minimum Gasteiger partial charge on any atom is -0.481 e. The van der Waals surface area contributed by atoms with Gasteiger partial charge in [0.05, 0.1) is 24.4 Å². The van der Waals surface area contributed by atoms with Gasteiger partial charge in [0.2, 0.25) is 5.88 Å². The molecular weight excluding hydrogens is 270 g/mol. The van der Waals surface area contributed by atoms with E-state index in [1.54, 1.807) is 12.4 Å². The largest absolute Gasteiger partial charge is 0.481 e. The first-order valence-electron chi connectivity index (χ1n) is 7.54. The Morgan fingerprint density at radius 1 is 1.38 bits per heavy atom. The first kappa shape index (κ1) is 15.5. The van der Waals surface area contributed by atoms with Gasteiger partial charge in [0.15, 0.2) is 5.82 Å². The third-order valence-electron chi connectivity index (χ3n) is 4.12. The normalized spacial score (nSPS) is 17.5. The maximum atomic E-state index is 11.6. The molecule has 0 amide bonds. The van der Waals surface area contributed by atoms with E-state index in [4.69, 9.17) is 4.74 Å². The van der Waals surface area contributed by atoms with E-state index in [-0.39, 0.29) is 0 Å². The predicted octanol–water partition coefficient (Wildman–Crippen LogP) is 2.35. The van der Waals surface area contributed by atoms with Gasteiger partial charge in [0.25, 0.3) is 0 Å². The SMILES string of the molecule is CCCC1(C(=O)O)CCN(c2cncc(OCC)n2)CC1. The summed E-state index contributed by atoms with van der Waals surface area (Å²) in [6, 6.07) is 0. The van der Waals surface area contributed by atoms with E-state index in [2.05, 4.69) is 14.9 Å². The highest BCUT2D eigenvalue weighted by Gasteiger charge is 2.40. The van der Waals surface area contributed by atoms with Crippen molar-refractivity contribution in [1.29, 1.82) is 0 Å². The van der Waals surface area contributed by atoms with Crippen molar-refractivity contribution in [1.82, 2.24) is 9.97 Å². The van der Waals surface area contributed by atoms with E-state index in [9.17, 15) is 9.90 Å². The number of piperidine rings is 1. The maximum Gasteiger partial charge on any atom is 0.309 e. The third kappa shape index (κ3) is 3.43. The van der Waals surface area contributed by atoms with Crippen LogP contribution in [0, 0.1) is 5.41 Å². The Labute approximate surface area is 125 Å². The second-order valence-electron chi connectivity index (χ2n) is 5.47. The summed E-state index contributed by atoms with van der Waals surface area (Å²) in [5, 5.41) is 9.52. The number of carboxylic acids is 1. The Bertz CT molecular complexity index is 485. The summed E-state index contributed by atoms with van der Waals surface area (Å²) in [6.45, 7) is 5.87. The molecule has 1 aliphatic heterocycles. The van der Waals surface area contributed by atoms with Crippen LogP contribution in [-0.4, -0.2) is 40.7 Å². The third-order valence-corrected chi connectivity index (χ3v) is 4.12. The van der Waals surface area contributed by atoms with Crippen LogP contribution in [0.2, 0.25) is 0 Å². The zero-order valence-corrected chi connectivity index (χ0v) is 12.7. The van der Waals surface area contributed by atoms with Gasteiger partial charge < -0.3 is 14.7 Å². The Balaban J connectivity index is 2.06. The van der Waals surface area contributed by atoms with E-state index in [0.29, 0.717) is 38.4 Å². The van der Waals surface area contributed by atoms with E-state index >= 15 is 0 Å². The number of ether oxygens (including phenoxy) is 1. The molecule has 2 heterocycles. The van der Waals surface area contributed by atoms with Gasteiger partial charge in [-0.15, -0.1) is 0 Å². The number of aliphatic carboxylic acids is 1. The molecule has 1 N–H and O–H groups in total. The molecule has 1 aromatic rings. The van der Waals surface area contributed by atoms with Crippen molar-refractivity contribution in [2.75, 3.05) is 24.6 Å². The van der Waals surface area contributed by atoms with Crippen molar-refractivity contribution < 1.29 is 14.6 Å². The van der Waals surface area contributed by atoms with Crippen LogP contribution in [0.15, 0.2) is 12.4 Å². The highest BCUT2D eigenvalue weighted by molar-refractivity contribution is 5.75. The smallest absolute Gasteiger partial charge is 0.309 e. The Morgan fingerprint density at radius 3 is 2.67 bits per heavy atom. The Hall–Kier alpha value is -1.85. The fraction of sp³-hybridized carbons (Fsp3) is 0.667. The van der Waals surface area contributed by atoms with Gasteiger partial charge in [-0.1, -0.05) is 13.3 Å². The van der Waals surface area contributed by atoms with Crippen molar-refractivity contribution in [2.24, 2.45) is 5.41 Å². The Morgan fingerprint density at radius 2 is 2.10 bits per heavy atom. The van der Waals surface area contributed by atoms with Crippen molar-refractivity contribution in [3.05, 3.63) is 12.4 Å². The van der Waals surface area contributed by atoms with Crippen LogP contribution in [0.5, 0.6) is 5.88 Å². The first-order valence-corrected chi connectivity index (χ1v) is 7.54. The van der Waals surface area contributed by atoms with Crippen LogP contribution in [0.3, 0.4) is 0 Å². The lowest BCUT2D eigenvalue weighted by Gasteiger charge is -2.39. The summed E-state index contributed by atoms with van der Waals surface area (Å²) in [5.41, 5.74) is -0.573. The molecule has 21 heavy (non-hydrogen) atoms. The summed E-state index contributed by atoms with van der Waals surface area (Å²) in [6.07, 6.45) is 6.23. The molecule has 0 atom stereocenters. The second-order valence-corrected chi connectivity index (χ2v) is 5.47. The number of nitrogens with zero attached hydrogens (tertiary/aromatic N) is 3. The minimum absolute atomic E-state index is 0.513. The summed E-state index contributed by atoms with van der Waals surface area (Å²) in [7, 11) is 0. The van der Waals surface area contributed by atoms with Crippen molar-refractivity contribution in [3.63, 3.8) is 0 Å². The van der Waals surface area contributed by atoms with Crippen molar-refractivity contribution in [2.45, 2.75) is 39.5 Å². The van der Waals surface area contributed by atoms with Crippen LogP contribution in [-0.2, 0) is 4.79 Å². The molecule has 2 rings (SSSR count). The standard InChI is InChI=1S/C15H23N3O3/c1-3-5-15(14(19)20)6-8-18(9-7-15)12-10-16-11-13(17-12)21-4-2/h10-11H,3-9H2,1-2H3,(H,19,20). The zero-order valence-electron chi connectivity index (χ0n) is 12.7. The lowest BCUT2D eigenvalue weighted by Crippen LogP contribution is -2.44. The predicted molar refractivity (Wildman–Crippen MR) is 79.6 cm³/mol. The molecule has 0 aliphatic carbocycles. The molecule has 0 bridgehead atoms. The zero-order chi connectivity index (χ0) is 15.3. The summed E-state index contributed by atoms with van der Waals surface area (Å²) in [4.78, 5) is 22.2. The fourth-order valence-corrected chi connectivity index (χ4v) is 2.92. The number of hydrogen-bond acceptors (Lipinski definition) is 5. The molecule has 0 unspecified atom stereocenters. The quantitative estimate of drug-likeness (QED) is 0.867. The molecule has 0 radical (unpaired) electrons. The molecule has 0 aromatic carbocycles. The van der Waals surface area contributed by atoms with Gasteiger partial charge in [-0.25, -0.2) is 0 Å². The van der Waals surface area contributed by atoms with E-state index in [1.807, 2.05) is 13.8 Å². The number of carboxylic acid groups (broad SMARTS) is 1. The van der Waals surface area contributed by atoms with Crippen molar-refractivity contribution in [3.8, 4) is 5.88 Å². The van der Waals surface area contributed by atoms with Gasteiger partial charge in [0, 0.05) is 13.1 Å². The minimum atomic E-state index is -0.668. The summed E-state index contributed by atoms with van der Waals surface area (Å²) in [5.74, 6) is 0.605. The van der Waals surface area contributed by atoms with Crippen molar-refractivity contribution >= 4 is 11.8 Å². The number of rotatable bonds is 6. The highest BCUT2D eigenvalue weighted by atomic mass is 16.5. The first-order chi connectivity index (χ1) is 10.1. The fourth-order valence-electron chi connectivity index (χ4n) is 2.92. The van der Waals surface area contributed by atoms with Crippen LogP contribution in [0.1, 0.15) is 39.5 Å². The van der Waals surface area contributed by atoms with Gasteiger partial charge >= 0.3 is 5.97 Å². The van der Waals surface area contributed by atoms with Gasteiger partial charge in [-0.05, 0) is 26.2 Å². The number of carbonyl (C=O) groups is 1. The second kappa shape index (κ2) is 6.74. The number of anilines is 1. The molecule has 1 aliphatic rings. The van der Waals surface area contributed by atoms with Crippen LogP contribution >= 0.6 is 0 Å². The topological polar surface area (TPSA) is 75.5 Å². The Kier molecular flexibility index (Phi) is 4.98. The molecule has 1 fully saturated rings. The lowest BCUT2D eigenvalue weighted by molar-refractivity contribution is -0.150. The van der Waals surface area contributed by atoms with Gasteiger partial charge in [0.1, 0.15) is 0 Å². The molecule has 0 spiro atoms. The lowest BCUT2D eigenvalue weighted by atomic mass is 9.75. The number of hydrogen-bond donors (Lipinski definition) is 1.